The Morgan fingerprint density at radius 3 is 2.62 bits per heavy atom. The number of ether oxygens (including phenoxy) is 2. The molecule has 5 atom stereocenters. The van der Waals surface area contributed by atoms with Gasteiger partial charge in [0.05, 0.1) is 12.0 Å². The summed E-state index contributed by atoms with van der Waals surface area (Å²) in [5, 5.41) is 0. The zero-order valence-corrected chi connectivity index (χ0v) is 8.32. The maximum absolute atomic E-state index is 11.4. The van der Waals surface area contributed by atoms with E-state index in [1.165, 1.54) is 0 Å². The van der Waals surface area contributed by atoms with Gasteiger partial charge in [0.2, 0.25) is 6.29 Å². The van der Waals surface area contributed by atoms with Crippen molar-refractivity contribution in [2.45, 2.75) is 39.6 Å². The standard InChI is InChI=1S/C10H16O3/c1-5-4-6(2)10-12-8(5)7(3)9(11)13-10/h5-8,10H,4H2,1-3H3/t5-,6-,7-,8-,10-/m1/s1. The Kier molecular flexibility index (Phi) is 2.06. The Morgan fingerprint density at radius 1 is 1.23 bits per heavy atom. The van der Waals surface area contributed by atoms with Gasteiger partial charge in [-0.25, -0.2) is 0 Å². The van der Waals surface area contributed by atoms with Crippen LogP contribution in [0, 0.1) is 17.8 Å². The van der Waals surface area contributed by atoms with Crippen LogP contribution in [0.5, 0.6) is 0 Å². The van der Waals surface area contributed by atoms with E-state index >= 15 is 0 Å². The van der Waals surface area contributed by atoms with Crippen molar-refractivity contribution in [2.24, 2.45) is 17.8 Å². The number of hydrogen-bond acceptors (Lipinski definition) is 3. The Morgan fingerprint density at radius 2 is 1.92 bits per heavy atom. The summed E-state index contributed by atoms with van der Waals surface area (Å²) in [6.45, 7) is 6.10. The number of carbonyl (C=O) groups excluding carboxylic acids is 1. The van der Waals surface area contributed by atoms with Crippen LogP contribution >= 0.6 is 0 Å². The average Bonchev–Trinajstić information content (AvgIpc) is 2.07. The molecule has 3 nitrogen and oxygen atoms in total. The molecule has 2 rings (SSSR count). The highest BCUT2D eigenvalue weighted by atomic mass is 16.7. The zero-order chi connectivity index (χ0) is 9.59. The van der Waals surface area contributed by atoms with Crippen LogP contribution in [0.3, 0.4) is 0 Å². The first-order valence-corrected chi connectivity index (χ1v) is 4.95. The lowest BCUT2D eigenvalue weighted by Crippen LogP contribution is -2.51. The van der Waals surface area contributed by atoms with Crippen molar-refractivity contribution < 1.29 is 14.3 Å². The maximum Gasteiger partial charge on any atom is 0.313 e. The second-order valence-electron chi connectivity index (χ2n) is 4.38. The van der Waals surface area contributed by atoms with Crippen LogP contribution in [-0.4, -0.2) is 18.4 Å². The molecule has 0 spiro atoms. The second kappa shape index (κ2) is 2.98. The number of rotatable bonds is 0. The highest BCUT2D eigenvalue weighted by Gasteiger charge is 2.45. The van der Waals surface area contributed by atoms with Gasteiger partial charge in [-0.05, 0) is 19.3 Å². The van der Waals surface area contributed by atoms with Crippen molar-refractivity contribution in [1.29, 1.82) is 0 Å². The van der Waals surface area contributed by atoms with Crippen molar-refractivity contribution in [3.63, 3.8) is 0 Å². The third-order valence-electron chi connectivity index (χ3n) is 3.16. The highest BCUT2D eigenvalue weighted by molar-refractivity contribution is 5.73. The van der Waals surface area contributed by atoms with Crippen LogP contribution in [0.25, 0.3) is 0 Å². The Hall–Kier alpha value is -0.570. The fourth-order valence-electron chi connectivity index (χ4n) is 2.37. The van der Waals surface area contributed by atoms with Crippen molar-refractivity contribution in [2.75, 3.05) is 0 Å². The molecule has 0 aliphatic carbocycles. The molecular weight excluding hydrogens is 168 g/mol. The van der Waals surface area contributed by atoms with E-state index in [9.17, 15) is 4.79 Å². The van der Waals surface area contributed by atoms with Gasteiger partial charge in [-0.2, -0.15) is 0 Å². The average molecular weight is 184 g/mol. The van der Waals surface area contributed by atoms with Gasteiger partial charge in [0.15, 0.2) is 0 Å². The van der Waals surface area contributed by atoms with Gasteiger partial charge in [0.1, 0.15) is 0 Å². The maximum atomic E-state index is 11.4. The predicted octanol–water partition coefficient (Wildman–Crippen LogP) is 1.57. The summed E-state index contributed by atoms with van der Waals surface area (Å²) in [5.74, 6) is 0.607. The summed E-state index contributed by atoms with van der Waals surface area (Å²) in [6, 6.07) is 0. The van der Waals surface area contributed by atoms with E-state index in [-0.39, 0.29) is 24.3 Å². The first-order valence-electron chi connectivity index (χ1n) is 4.95. The highest BCUT2D eigenvalue weighted by Crippen LogP contribution is 2.37. The SMILES string of the molecule is C[C@@H]1C[C@@H](C)[C@H]2O[C@@H]1OC(=O)[C@@H]2C. The van der Waals surface area contributed by atoms with Crippen LogP contribution < -0.4 is 0 Å². The van der Waals surface area contributed by atoms with Gasteiger partial charge in [-0.3, -0.25) is 4.79 Å². The van der Waals surface area contributed by atoms with Crippen LogP contribution in [0.2, 0.25) is 0 Å². The van der Waals surface area contributed by atoms with Crippen molar-refractivity contribution in [3.05, 3.63) is 0 Å². The van der Waals surface area contributed by atoms with Gasteiger partial charge < -0.3 is 9.47 Å². The third-order valence-corrected chi connectivity index (χ3v) is 3.16. The molecule has 3 heteroatoms. The minimum atomic E-state index is -0.287. The smallest absolute Gasteiger partial charge is 0.313 e. The predicted molar refractivity (Wildman–Crippen MR) is 46.9 cm³/mol. The number of fused-ring (bicyclic) bond motifs is 2. The number of esters is 1. The summed E-state index contributed by atoms with van der Waals surface area (Å²) < 4.78 is 10.9. The number of carbonyl (C=O) groups is 1. The van der Waals surface area contributed by atoms with Crippen LogP contribution in [0.15, 0.2) is 0 Å². The van der Waals surface area contributed by atoms with Crippen molar-refractivity contribution in [3.8, 4) is 0 Å². The molecule has 2 aliphatic rings. The summed E-state index contributed by atoms with van der Waals surface area (Å²) in [4.78, 5) is 11.4. The fraction of sp³-hybridized carbons (Fsp3) is 0.900. The minimum absolute atomic E-state index is 0.0717. The first-order chi connectivity index (χ1) is 6.09. The third kappa shape index (κ3) is 1.35. The Labute approximate surface area is 78.4 Å². The van der Waals surface area contributed by atoms with Crippen molar-refractivity contribution >= 4 is 5.97 Å². The van der Waals surface area contributed by atoms with Gasteiger partial charge in [0, 0.05) is 5.92 Å². The topological polar surface area (TPSA) is 35.5 Å². The molecule has 2 bridgehead atoms. The van der Waals surface area contributed by atoms with Gasteiger partial charge in [0.25, 0.3) is 0 Å². The molecule has 0 saturated carbocycles. The van der Waals surface area contributed by atoms with Crippen LogP contribution in [0.4, 0.5) is 0 Å². The molecule has 0 N–H and O–H groups in total. The summed E-state index contributed by atoms with van der Waals surface area (Å²) in [5.41, 5.74) is 0. The van der Waals surface area contributed by atoms with E-state index in [4.69, 9.17) is 9.47 Å². The molecule has 0 radical (unpaired) electrons. The number of hydrogen-bond donors (Lipinski definition) is 0. The molecule has 2 heterocycles. The lowest BCUT2D eigenvalue weighted by Gasteiger charge is -2.44. The molecule has 13 heavy (non-hydrogen) atoms. The van der Waals surface area contributed by atoms with E-state index in [1.54, 1.807) is 0 Å². The summed E-state index contributed by atoms with van der Waals surface area (Å²) >= 11 is 0. The summed E-state index contributed by atoms with van der Waals surface area (Å²) in [7, 11) is 0. The lowest BCUT2D eigenvalue weighted by atomic mass is 9.82. The van der Waals surface area contributed by atoms with Gasteiger partial charge in [-0.15, -0.1) is 0 Å². The first kappa shape index (κ1) is 9.00. The quantitative estimate of drug-likeness (QED) is 0.536. The van der Waals surface area contributed by atoms with E-state index in [2.05, 4.69) is 13.8 Å². The molecule has 0 unspecified atom stereocenters. The fourth-order valence-corrected chi connectivity index (χ4v) is 2.37. The van der Waals surface area contributed by atoms with Crippen LogP contribution in [0.1, 0.15) is 27.2 Å². The zero-order valence-electron chi connectivity index (χ0n) is 8.32. The molecule has 2 fully saturated rings. The van der Waals surface area contributed by atoms with Gasteiger partial charge >= 0.3 is 5.97 Å². The van der Waals surface area contributed by atoms with E-state index in [0.717, 1.165) is 6.42 Å². The molecule has 2 aliphatic heterocycles. The Bertz CT molecular complexity index is 226. The molecular formula is C10H16O3. The molecule has 0 aromatic heterocycles. The summed E-state index contributed by atoms with van der Waals surface area (Å²) in [6.07, 6.45) is 0.875. The largest absolute Gasteiger partial charge is 0.435 e. The van der Waals surface area contributed by atoms with Crippen LogP contribution in [-0.2, 0) is 14.3 Å². The molecule has 0 aromatic rings. The molecule has 2 saturated heterocycles. The monoisotopic (exact) mass is 184 g/mol. The van der Waals surface area contributed by atoms with Gasteiger partial charge in [-0.1, -0.05) is 13.8 Å². The second-order valence-corrected chi connectivity index (χ2v) is 4.38. The molecule has 0 amide bonds. The lowest BCUT2D eigenvalue weighted by molar-refractivity contribution is -0.269. The Balaban J connectivity index is 2.19. The van der Waals surface area contributed by atoms with E-state index < -0.39 is 0 Å². The molecule has 0 aromatic carbocycles. The van der Waals surface area contributed by atoms with E-state index in [0.29, 0.717) is 11.8 Å². The minimum Gasteiger partial charge on any atom is -0.435 e. The van der Waals surface area contributed by atoms with Crippen molar-refractivity contribution in [1.82, 2.24) is 0 Å². The van der Waals surface area contributed by atoms with E-state index in [1.807, 2.05) is 6.92 Å². The molecule has 74 valence electrons. The normalized spacial score (nSPS) is 50.1.